The third-order valence-electron chi connectivity index (χ3n) is 5.36. The largest absolute Gasteiger partial charge is 0.490 e. The normalized spacial score (nSPS) is 13.9. The van der Waals surface area contributed by atoms with E-state index in [1.54, 1.807) is 61.5 Å². The molecule has 3 aromatic carbocycles. The Balaban J connectivity index is 1.45. The maximum Gasteiger partial charge on any atom is 0.294 e. The molecule has 0 aliphatic carbocycles. The van der Waals surface area contributed by atoms with Crippen LogP contribution in [0.3, 0.4) is 0 Å². The summed E-state index contributed by atoms with van der Waals surface area (Å²) in [6.45, 7) is 1.26. The number of benzene rings is 3. The number of carbonyl (C=O) groups is 4. The molecule has 12 heteroatoms. The Labute approximate surface area is 244 Å². The molecule has 1 fully saturated rings. The molecule has 9 nitrogen and oxygen atoms in total. The first kappa shape index (κ1) is 29.0. The van der Waals surface area contributed by atoms with Crippen molar-refractivity contribution in [3.05, 3.63) is 87.2 Å². The van der Waals surface area contributed by atoms with E-state index in [4.69, 9.17) is 32.7 Å². The molecular formula is C28H23Cl2N3O6S. The number of hydrogen-bond donors (Lipinski definition) is 2. The van der Waals surface area contributed by atoms with Gasteiger partial charge in [-0.15, -0.1) is 0 Å². The molecule has 3 aromatic rings. The molecule has 1 aliphatic heterocycles. The number of carbonyl (C=O) groups excluding carboxylic acids is 4. The highest BCUT2D eigenvalue weighted by atomic mass is 35.5. The second-order valence-corrected chi connectivity index (χ2v) is 10.1. The Hall–Kier alpha value is -3.99. The number of imide groups is 1. The van der Waals surface area contributed by atoms with Gasteiger partial charge in [-0.2, -0.15) is 0 Å². The van der Waals surface area contributed by atoms with E-state index in [1.165, 1.54) is 12.1 Å². The molecular weight excluding hydrogens is 577 g/mol. The standard InChI is InChI=1S/C28H23Cl2N3O6S/c1-2-38-22-13-17(12-20(30)26(22)39-16-25(35)31-18-8-4-3-5-9-18)14-23-27(36)33(28(37)40-23)15-24(34)32-21-11-7-6-10-19(21)29/h3-14H,2,15-16H2,1H3,(H,31,35)(H,32,34)/b23-14+. The van der Waals surface area contributed by atoms with Gasteiger partial charge < -0.3 is 20.1 Å². The lowest BCUT2D eigenvalue weighted by Gasteiger charge is -2.15. The van der Waals surface area contributed by atoms with E-state index in [-0.39, 0.29) is 40.5 Å². The van der Waals surface area contributed by atoms with Crippen LogP contribution >= 0.6 is 35.0 Å². The van der Waals surface area contributed by atoms with Crippen LogP contribution in [0.4, 0.5) is 16.2 Å². The summed E-state index contributed by atoms with van der Waals surface area (Å²) in [6.07, 6.45) is 1.47. The number of para-hydroxylation sites is 2. The summed E-state index contributed by atoms with van der Waals surface area (Å²) in [7, 11) is 0. The highest BCUT2D eigenvalue weighted by molar-refractivity contribution is 8.18. The minimum atomic E-state index is -0.628. The van der Waals surface area contributed by atoms with Crippen molar-refractivity contribution in [1.82, 2.24) is 4.90 Å². The zero-order valence-electron chi connectivity index (χ0n) is 21.1. The maximum absolute atomic E-state index is 12.9. The highest BCUT2D eigenvalue weighted by Crippen LogP contribution is 2.39. The first-order chi connectivity index (χ1) is 19.2. The second-order valence-electron chi connectivity index (χ2n) is 8.26. The molecule has 1 heterocycles. The lowest BCUT2D eigenvalue weighted by molar-refractivity contribution is -0.127. The van der Waals surface area contributed by atoms with E-state index < -0.39 is 23.6 Å². The van der Waals surface area contributed by atoms with E-state index in [0.717, 1.165) is 4.90 Å². The van der Waals surface area contributed by atoms with Crippen LogP contribution in [0, 0.1) is 0 Å². The van der Waals surface area contributed by atoms with Crippen molar-refractivity contribution in [2.24, 2.45) is 0 Å². The molecule has 0 saturated carbocycles. The number of ether oxygens (including phenoxy) is 2. The molecule has 2 N–H and O–H groups in total. The molecule has 0 unspecified atom stereocenters. The van der Waals surface area contributed by atoms with Gasteiger partial charge in [-0.1, -0.05) is 53.5 Å². The van der Waals surface area contributed by atoms with Gasteiger partial charge in [-0.25, -0.2) is 0 Å². The fourth-order valence-electron chi connectivity index (χ4n) is 3.61. The average Bonchev–Trinajstić information content (AvgIpc) is 3.17. The van der Waals surface area contributed by atoms with Crippen molar-refractivity contribution in [2.45, 2.75) is 6.92 Å². The van der Waals surface area contributed by atoms with Gasteiger partial charge in [0.05, 0.1) is 27.2 Å². The monoisotopic (exact) mass is 599 g/mol. The molecule has 0 aromatic heterocycles. The molecule has 40 heavy (non-hydrogen) atoms. The maximum atomic E-state index is 12.9. The van der Waals surface area contributed by atoms with Crippen LogP contribution in [0.1, 0.15) is 12.5 Å². The molecule has 206 valence electrons. The summed E-state index contributed by atoms with van der Waals surface area (Å²) in [5.74, 6) is -1.17. The van der Waals surface area contributed by atoms with Crippen molar-refractivity contribution in [2.75, 3.05) is 30.4 Å². The van der Waals surface area contributed by atoms with E-state index in [9.17, 15) is 19.2 Å². The highest BCUT2D eigenvalue weighted by Gasteiger charge is 2.36. The number of hydrogen-bond acceptors (Lipinski definition) is 7. The average molecular weight is 600 g/mol. The van der Waals surface area contributed by atoms with E-state index in [0.29, 0.717) is 33.7 Å². The van der Waals surface area contributed by atoms with Crippen LogP contribution < -0.4 is 20.1 Å². The Morgan fingerprint density at radius 2 is 1.65 bits per heavy atom. The van der Waals surface area contributed by atoms with Crippen molar-refractivity contribution in [1.29, 1.82) is 0 Å². The third kappa shape index (κ3) is 7.35. The number of rotatable bonds is 10. The van der Waals surface area contributed by atoms with Crippen molar-refractivity contribution in [3.63, 3.8) is 0 Å². The van der Waals surface area contributed by atoms with Gasteiger partial charge in [0.2, 0.25) is 5.91 Å². The quantitative estimate of drug-likeness (QED) is 0.271. The summed E-state index contributed by atoms with van der Waals surface area (Å²) < 4.78 is 11.3. The fourth-order valence-corrected chi connectivity index (χ4v) is 4.91. The van der Waals surface area contributed by atoms with Gasteiger partial charge in [0, 0.05) is 5.69 Å². The second kappa shape index (κ2) is 13.4. The van der Waals surface area contributed by atoms with Gasteiger partial charge >= 0.3 is 0 Å². The zero-order chi connectivity index (χ0) is 28.6. The molecule has 0 atom stereocenters. The summed E-state index contributed by atoms with van der Waals surface area (Å²) in [5, 5.41) is 5.19. The molecule has 1 saturated heterocycles. The predicted octanol–water partition coefficient (Wildman–Crippen LogP) is 6.08. The Bertz CT molecular complexity index is 1480. The molecule has 4 amide bonds. The fraction of sp³-hybridized carbons (Fsp3) is 0.143. The topological polar surface area (TPSA) is 114 Å². The lowest BCUT2D eigenvalue weighted by Crippen LogP contribution is -2.36. The zero-order valence-corrected chi connectivity index (χ0v) is 23.4. The van der Waals surface area contributed by atoms with E-state index in [1.807, 2.05) is 6.07 Å². The van der Waals surface area contributed by atoms with Gasteiger partial charge in [0.1, 0.15) is 6.54 Å². The van der Waals surface area contributed by atoms with Gasteiger partial charge in [0.15, 0.2) is 18.1 Å². The number of thioether (sulfide) groups is 1. The van der Waals surface area contributed by atoms with Gasteiger partial charge in [-0.3, -0.25) is 24.1 Å². The first-order valence-electron chi connectivity index (χ1n) is 12.0. The van der Waals surface area contributed by atoms with Crippen LogP contribution in [0.15, 0.2) is 71.6 Å². The SMILES string of the molecule is CCOc1cc(/C=C2/SC(=O)N(CC(=O)Nc3ccccc3Cl)C2=O)cc(Cl)c1OCC(=O)Nc1ccccc1. The smallest absolute Gasteiger partial charge is 0.294 e. The van der Waals surface area contributed by atoms with Crippen LogP contribution in [0.2, 0.25) is 10.0 Å². The lowest BCUT2D eigenvalue weighted by atomic mass is 10.1. The van der Waals surface area contributed by atoms with E-state index in [2.05, 4.69) is 10.6 Å². The van der Waals surface area contributed by atoms with Gasteiger partial charge in [-0.05, 0) is 66.7 Å². The predicted molar refractivity (Wildman–Crippen MR) is 156 cm³/mol. The summed E-state index contributed by atoms with van der Waals surface area (Å²) in [6, 6.07) is 18.6. The number of amides is 4. The molecule has 0 spiro atoms. The summed E-state index contributed by atoms with van der Waals surface area (Å²) in [4.78, 5) is 51.2. The minimum absolute atomic E-state index is 0.102. The van der Waals surface area contributed by atoms with Crippen molar-refractivity contribution < 1.29 is 28.7 Å². The minimum Gasteiger partial charge on any atom is -0.490 e. The Morgan fingerprint density at radius 3 is 2.38 bits per heavy atom. The molecule has 4 rings (SSSR count). The number of anilines is 2. The molecule has 0 bridgehead atoms. The molecule has 0 radical (unpaired) electrons. The summed E-state index contributed by atoms with van der Waals surface area (Å²) >= 11 is 13.2. The number of nitrogens with zero attached hydrogens (tertiary/aromatic N) is 1. The van der Waals surface area contributed by atoms with Crippen LogP contribution in [0.25, 0.3) is 6.08 Å². The first-order valence-corrected chi connectivity index (χ1v) is 13.6. The molecule has 1 aliphatic rings. The van der Waals surface area contributed by atoms with Crippen LogP contribution in [0.5, 0.6) is 11.5 Å². The number of nitrogens with one attached hydrogen (secondary N) is 2. The third-order valence-corrected chi connectivity index (χ3v) is 6.88. The van der Waals surface area contributed by atoms with Crippen molar-refractivity contribution >= 4 is 75.4 Å². The van der Waals surface area contributed by atoms with E-state index >= 15 is 0 Å². The summed E-state index contributed by atoms with van der Waals surface area (Å²) in [5.41, 5.74) is 1.45. The van der Waals surface area contributed by atoms with Gasteiger partial charge in [0.25, 0.3) is 17.1 Å². The Kier molecular flexibility index (Phi) is 9.70. The van der Waals surface area contributed by atoms with Crippen molar-refractivity contribution in [3.8, 4) is 11.5 Å². The number of halogens is 2. The van der Waals surface area contributed by atoms with Crippen LogP contribution in [-0.2, 0) is 14.4 Å². The Morgan fingerprint density at radius 1 is 0.925 bits per heavy atom. The van der Waals surface area contributed by atoms with Crippen LogP contribution in [-0.4, -0.2) is 47.6 Å².